The smallest absolute Gasteiger partial charge is 0.0780 e. The molecule has 0 aliphatic heterocycles. The van der Waals surface area contributed by atoms with Crippen LogP contribution in [0.4, 0.5) is 0 Å². The molecule has 0 bridgehead atoms. The van der Waals surface area contributed by atoms with E-state index in [1.54, 1.807) is 0 Å². The molecule has 1 aromatic carbocycles. The number of carbonyl (C=O) groups excluding carboxylic acids is 1. The van der Waals surface area contributed by atoms with Gasteiger partial charge in [0.1, 0.15) is 0 Å². The molecule has 0 aliphatic rings. The second-order valence-electron chi connectivity index (χ2n) is 3.92. The molecule has 3 heteroatoms. The van der Waals surface area contributed by atoms with Crippen molar-refractivity contribution in [3.8, 4) is 0 Å². The molecule has 0 aliphatic carbocycles. The maximum Gasteiger partial charge on any atom is 0.0780 e. The topological polar surface area (TPSA) is 67.8 Å². The molecule has 0 saturated carbocycles. The molecule has 0 radical (unpaired) electrons. The number of quaternary nitrogens is 1. The summed E-state index contributed by atoms with van der Waals surface area (Å²) in [4.78, 5) is 9.76. The van der Waals surface area contributed by atoms with Gasteiger partial charge < -0.3 is 15.6 Å². The number of hydrogen-bond acceptors (Lipinski definition) is 2. The molecule has 17 heavy (non-hydrogen) atoms. The van der Waals surface area contributed by atoms with Crippen LogP contribution in [-0.2, 0) is 11.2 Å². The van der Waals surface area contributed by atoms with Crippen LogP contribution in [0.1, 0.15) is 38.2 Å². The van der Waals surface area contributed by atoms with Crippen LogP contribution in [-0.4, -0.2) is 12.5 Å². The van der Waals surface area contributed by atoms with E-state index in [9.17, 15) is 9.90 Å². The van der Waals surface area contributed by atoms with Gasteiger partial charge >= 0.3 is 0 Å². The molecule has 0 heterocycles. The molecule has 0 fully saturated rings. The number of rotatable bonds is 6. The Bertz CT molecular complexity index is 286. The first kappa shape index (κ1) is 15.7. The predicted octanol–water partition coefficient (Wildman–Crippen LogP) is 0.788. The van der Waals surface area contributed by atoms with Crippen LogP contribution in [0.2, 0.25) is 0 Å². The van der Waals surface area contributed by atoms with Crippen LogP contribution < -0.4 is 10.8 Å². The fraction of sp³-hybridized carbons (Fsp3) is 0.500. The van der Waals surface area contributed by atoms with E-state index in [0.717, 1.165) is 32.2 Å². The Kier molecular flexibility index (Phi) is 10.3. The van der Waals surface area contributed by atoms with E-state index in [2.05, 4.69) is 30.0 Å². The van der Waals surface area contributed by atoms with Crippen LogP contribution in [0.25, 0.3) is 0 Å². The van der Waals surface area contributed by atoms with E-state index >= 15 is 0 Å². The van der Waals surface area contributed by atoms with Crippen molar-refractivity contribution in [2.45, 2.75) is 39.0 Å². The highest BCUT2D eigenvalue weighted by atomic mass is 16.4. The Morgan fingerprint density at radius 1 is 1.24 bits per heavy atom. The first-order valence-electron chi connectivity index (χ1n) is 6.23. The van der Waals surface area contributed by atoms with Gasteiger partial charge in [-0.2, -0.15) is 0 Å². The van der Waals surface area contributed by atoms with Crippen LogP contribution in [0, 0.1) is 0 Å². The molecule has 0 spiro atoms. The van der Waals surface area contributed by atoms with E-state index < -0.39 is 5.97 Å². The lowest BCUT2D eigenvalue weighted by Gasteiger charge is -1.97. The summed E-state index contributed by atoms with van der Waals surface area (Å²) in [6.45, 7) is 3.03. The minimum atomic E-state index is -0.932. The molecule has 3 N–H and O–H groups in total. The molecule has 1 rings (SSSR count). The zero-order valence-electron chi connectivity index (χ0n) is 10.7. The number of aliphatic carboxylic acids is 1. The molecule has 1 aromatic rings. The van der Waals surface area contributed by atoms with Crippen molar-refractivity contribution in [1.82, 2.24) is 0 Å². The average molecular weight is 237 g/mol. The Hall–Kier alpha value is -1.35. The number of unbranched alkanes of at least 4 members (excludes halogenated alkanes) is 2. The third kappa shape index (κ3) is 10.9. The Balaban J connectivity index is 0.000000304. The van der Waals surface area contributed by atoms with E-state index in [1.165, 1.54) is 5.56 Å². The zero-order valence-corrected chi connectivity index (χ0v) is 10.7. The molecule has 0 amide bonds. The van der Waals surface area contributed by atoms with Gasteiger partial charge in [-0.25, -0.2) is 0 Å². The van der Waals surface area contributed by atoms with Gasteiger partial charge in [0.05, 0.1) is 6.54 Å². The third-order valence-electron chi connectivity index (χ3n) is 2.29. The Morgan fingerprint density at radius 2 is 1.88 bits per heavy atom. The van der Waals surface area contributed by atoms with Crippen LogP contribution >= 0.6 is 0 Å². The SMILES string of the molecule is CCCCCC(=O)[O-].[NH3+]CCc1ccccc1. The fourth-order valence-electron chi connectivity index (χ4n) is 1.37. The first-order valence-corrected chi connectivity index (χ1v) is 6.23. The lowest BCUT2D eigenvalue weighted by molar-refractivity contribution is -0.366. The summed E-state index contributed by atoms with van der Waals surface area (Å²) in [5, 5.41) is 9.76. The van der Waals surface area contributed by atoms with Gasteiger partial charge in [0.15, 0.2) is 0 Å². The third-order valence-corrected chi connectivity index (χ3v) is 2.29. The second kappa shape index (κ2) is 11.1. The lowest BCUT2D eigenvalue weighted by atomic mass is 10.2. The maximum absolute atomic E-state index is 9.76. The van der Waals surface area contributed by atoms with E-state index in [-0.39, 0.29) is 6.42 Å². The highest BCUT2D eigenvalue weighted by Gasteiger charge is 1.86. The number of benzene rings is 1. The summed E-state index contributed by atoms with van der Waals surface area (Å²) in [6.07, 6.45) is 4.13. The van der Waals surface area contributed by atoms with E-state index in [4.69, 9.17) is 0 Å². The lowest BCUT2D eigenvalue weighted by Crippen LogP contribution is -2.51. The number of hydrogen-bond donors (Lipinski definition) is 1. The minimum absolute atomic E-state index is 0.216. The summed E-state index contributed by atoms with van der Waals surface area (Å²) in [6, 6.07) is 10.4. The monoisotopic (exact) mass is 237 g/mol. The van der Waals surface area contributed by atoms with Gasteiger partial charge in [-0.3, -0.25) is 0 Å². The van der Waals surface area contributed by atoms with Gasteiger partial charge in [0.2, 0.25) is 0 Å². The van der Waals surface area contributed by atoms with Gasteiger partial charge in [-0.05, 0) is 18.4 Å². The van der Waals surface area contributed by atoms with Gasteiger partial charge in [-0.15, -0.1) is 0 Å². The highest BCUT2D eigenvalue weighted by Crippen LogP contribution is 1.97. The standard InChI is InChI=1S/C8H11N.C6H12O2/c9-7-6-8-4-2-1-3-5-8;1-2-3-4-5-6(7)8/h1-5H,6-7,9H2;2-5H2,1H3,(H,7,8). The van der Waals surface area contributed by atoms with Crippen molar-refractivity contribution in [3.05, 3.63) is 35.9 Å². The quantitative estimate of drug-likeness (QED) is 0.743. The number of carboxylic acid groups (broad SMARTS) is 1. The predicted molar refractivity (Wildman–Crippen MR) is 67.1 cm³/mol. The summed E-state index contributed by atoms with van der Waals surface area (Å²) < 4.78 is 0. The first-order chi connectivity index (χ1) is 8.20. The van der Waals surface area contributed by atoms with Crippen LogP contribution in [0.3, 0.4) is 0 Å². The maximum atomic E-state index is 9.76. The fourth-order valence-corrected chi connectivity index (χ4v) is 1.37. The van der Waals surface area contributed by atoms with Gasteiger partial charge in [0.25, 0.3) is 0 Å². The largest absolute Gasteiger partial charge is 0.550 e. The number of carbonyl (C=O) groups is 1. The van der Waals surface area contributed by atoms with E-state index in [0.29, 0.717) is 0 Å². The molecule has 0 aromatic heterocycles. The summed E-state index contributed by atoms with van der Waals surface area (Å²) >= 11 is 0. The van der Waals surface area contributed by atoms with Crippen molar-refractivity contribution in [3.63, 3.8) is 0 Å². The Labute approximate surface area is 104 Å². The molecule has 96 valence electrons. The van der Waals surface area contributed by atoms with Gasteiger partial charge in [-0.1, -0.05) is 50.1 Å². The highest BCUT2D eigenvalue weighted by molar-refractivity contribution is 5.63. The van der Waals surface area contributed by atoms with Crippen LogP contribution in [0.15, 0.2) is 30.3 Å². The molecular formula is C14H23NO2. The second-order valence-corrected chi connectivity index (χ2v) is 3.92. The Morgan fingerprint density at radius 3 is 2.35 bits per heavy atom. The van der Waals surface area contributed by atoms with Crippen molar-refractivity contribution < 1.29 is 15.6 Å². The number of carboxylic acids is 1. The summed E-state index contributed by atoms with van der Waals surface area (Å²) in [5.74, 6) is -0.932. The molecule has 0 unspecified atom stereocenters. The normalized spacial score (nSPS) is 9.29. The molecule has 0 atom stereocenters. The van der Waals surface area contributed by atoms with Crippen molar-refractivity contribution in [2.75, 3.05) is 6.54 Å². The summed E-state index contributed by atoms with van der Waals surface area (Å²) in [7, 11) is 0. The van der Waals surface area contributed by atoms with Gasteiger partial charge in [0, 0.05) is 12.4 Å². The minimum Gasteiger partial charge on any atom is -0.550 e. The zero-order chi connectivity index (χ0) is 12.9. The van der Waals surface area contributed by atoms with Crippen molar-refractivity contribution in [2.24, 2.45) is 0 Å². The van der Waals surface area contributed by atoms with Crippen LogP contribution in [0.5, 0.6) is 0 Å². The van der Waals surface area contributed by atoms with Crippen molar-refractivity contribution in [1.29, 1.82) is 0 Å². The molecule has 0 saturated heterocycles. The molecular weight excluding hydrogens is 214 g/mol. The summed E-state index contributed by atoms with van der Waals surface area (Å²) in [5.41, 5.74) is 5.16. The van der Waals surface area contributed by atoms with E-state index in [1.807, 2.05) is 13.0 Å². The molecule has 3 nitrogen and oxygen atoms in total. The average Bonchev–Trinajstić information content (AvgIpc) is 2.32. The van der Waals surface area contributed by atoms with Crippen molar-refractivity contribution >= 4 is 5.97 Å².